The molecule has 6 heteroatoms. The van der Waals surface area contributed by atoms with Gasteiger partial charge in [-0.05, 0) is 31.4 Å². The number of halogens is 1. The van der Waals surface area contributed by atoms with Gasteiger partial charge in [0.1, 0.15) is 5.52 Å². The van der Waals surface area contributed by atoms with Gasteiger partial charge in [-0.2, -0.15) is 0 Å². The van der Waals surface area contributed by atoms with Crippen LogP contribution in [0.25, 0.3) is 11.0 Å². The number of allylic oxidation sites excluding steroid dienone is 2. The molecule has 1 aliphatic rings. The number of hydrogen-bond acceptors (Lipinski definition) is 3. The number of rotatable bonds is 4. The monoisotopic (exact) mass is 306 g/mol. The highest BCUT2D eigenvalue weighted by Gasteiger charge is 2.21. The van der Waals surface area contributed by atoms with E-state index in [1.165, 1.54) is 6.07 Å². The zero-order valence-electron chi connectivity index (χ0n) is 11.3. The van der Waals surface area contributed by atoms with Gasteiger partial charge in [0.05, 0.1) is 11.3 Å². The first kappa shape index (κ1) is 14.1. The molecule has 0 bridgehead atoms. The van der Waals surface area contributed by atoms with Crippen LogP contribution >= 0.6 is 11.8 Å². The highest BCUT2D eigenvalue weighted by atomic mass is 32.2. The van der Waals surface area contributed by atoms with Crippen molar-refractivity contribution in [1.82, 2.24) is 9.55 Å². The van der Waals surface area contributed by atoms with Gasteiger partial charge in [-0.1, -0.05) is 30.0 Å². The van der Waals surface area contributed by atoms with Crippen LogP contribution in [-0.2, 0) is 4.79 Å². The molecule has 0 spiro atoms. The van der Waals surface area contributed by atoms with Crippen molar-refractivity contribution >= 4 is 28.8 Å². The number of hydrogen-bond donors (Lipinski definition) is 1. The van der Waals surface area contributed by atoms with Gasteiger partial charge >= 0.3 is 5.97 Å². The van der Waals surface area contributed by atoms with Gasteiger partial charge in [-0.3, -0.25) is 4.79 Å². The molecule has 0 fully saturated rings. The minimum absolute atomic E-state index is 0.0759. The van der Waals surface area contributed by atoms with Crippen molar-refractivity contribution in [3.05, 3.63) is 36.2 Å². The van der Waals surface area contributed by atoms with Crippen molar-refractivity contribution in [2.24, 2.45) is 0 Å². The fraction of sp³-hybridized carbons (Fsp3) is 0.333. The molecule has 1 atom stereocenters. The average Bonchev–Trinajstić information content (AvgIpc) is 2.86. The lowest BCUT2D eigenvalue weighted by atomic mass is 10.0. The largest absolute Gasteiger partial charge is 0.481 e. The summed E-state index contributed by atoms with van der Waals surface area (Å²) in [5.74, 6) is -1.34. The number of carbonyl (C=O) groups is 1. The van der Waals surface area contributed by atoms with Crippen molar-refractivity contribution in [2.45, 2.75) is 30.5 Å². The van der Waals surface area contributed by atoms with Gasteiger partial charge in [-0.25, -0.2) is 9.37 Å². The summed E-state index contributed by atoms with van der Waals surface area (Å²) >= 11 is 1.14. The normalized spacial score (nSPS) is 18.2. The summed E-state index contributed by atoms with van der Waals surface area (Å²) in [6.45, 7) is 0. The Bertz CT molecular complexity index is 711. The molecule has 0 saturated heterocycles. The standard InChI is InChI=1S/C15H15FN2O2S/c16-11-7-4-8-12-14(11)17-15(21-9-13(19)20)18(12)10-5-2-1-3-6-10/h1-2,4,7-8,10H,3,5-6,9H2,(H,19,20). The van der Waals surface area contributed by atoms with Crippen LogP contribution in [0.3, 0.4) is 0 Å². The summed E-state index contributed by atoms with van der Waals surface area (Å²) in [4.78, 5) is 15.1. The van der Waals surface area contributed by atoms with Crippen LogP contribution < -0.4 is 0 Å². The predicted octanol–water partition coefficient (Wildman–Crippen LogP) is 3.63. The maximum Gasteiger partial charge on any atom is 0.313 e. The Balaban J connectivity index is 2.08. The van der Waals surface area contributed by atoms with Crippen molar-refractivity contribution in [2.75, 3.05) is 5.75 Å². The fourth-order valence-electron chi connectivity index (χ4n) is 2.65. The lowest BCUT2D eigenvalue weighted by Gasteiger charge is -2.22. The highest BCUT2D eigenvalue weighted by molar-refractivity contribution is 7.99. The van der Waals surface area contributed by atoms with E-state index in [0.717, 1.165) is 36.5 Å². The van der Waals surface area contributed by atoms with Crippen molar-refractivity contribution in [3.63, 3.8) is 0 Å². The molecule has 1 N–H and O–H groups in total. The molecule has 1 unspecified atom stereocenters. The number of imidazole rings is 1. The number of aliphatic carboxylic acids is 1. The van der Waals surface area contributed by atoms with E-state index in [2.05, 4.69) is 17.1 Å². The van der Waals surface area contributed by atoms with Crippen molar-refractivity contribution in [1.29, 1.82) is 0 Å². The molecule has 21 heavy (non-hydrogen) atoms. The second-order valence-electron chi connectivity index (χ2n) is 4.99. The molecule has 0 amide bonds. The van der Waals surface area contributed by atoms with E-state index in [-0.39, 0.29) is 17.6 Å². The quantitative estimate of drug-likeness (QED) is 0.692. The average molecular weight is 306 g/mol. The molecular formula is C15H15FN2O2S. The number of nitrogens with zero attached hydrogens (tertiary/aromatic N) is 2. The smallest absolute Gasteiger partial charge is 0.313 e. The molecule has 1 aromatic carbocycles. The first-order valence-electron chi connectivity index (χ1n) is 6.83. The molecule has 4 nitrogen and oxygen atoms in total. The molecule has 0 saturated carbocycles. The molecule has 0 radical (unpaired) electrons. The summed E-state index contributed by atoms with van der Waals surface area (Å²) in [6, 6.07) is 5.10. The second kappa shape index (κ2) is 5.89. The molecular weight excluding hydrogens is 291 g/mol. The summed E-state index contributed by atoms with van der Waals surface area (Å²) in [5.41, 5.74) is 1.06. The second-order valence-corrected chi connectivity index (χ2v) is 5.94. The van der Waals surface area contributed by atoms with Gasteiger partial charge < -0.3 is 9.67 Å². The molecule has 110 valence electrons. The predicted molar refractivity (Wildman–Crippen MR) is 80.1 cm³/mol. The van der Waals surface area contributed by atoms with Gasteiger partial charge in [0.25, 0.3) is 0 Å². The van der Waals surface area contributed by atoms with E-state index in [1.54, 1.807) is 6.07 Å². The minimum Gasteiger partial charge on any atom is -0.481 e. The Labute approximate surface area is 125 Å². The van der Waals surface area contributed by atoms with E-state index in [9.17, 15) is 9.18 Å². The molecule has 2 aromatic rings. The van der Waals surface area contributed by atoms with Crippen molar-refractivity contribution in [3.8, 4) is 0 Å². The molecule has 0 aliphatic heterocycles. The van der Waals surface area contributed by atoms with Crippen LogP contribution in [0.2, 0.25) is 0 Å². The zero-order chi connectivity index (χ0) is 14.8. The minimum atomic E-state index is -0.900. The van der Waals surface area contributed by atoms with Gasteiger partial charge in [-0.15, -0.1) is 0 Å². The fourth-order valence-corrected chi connectivity index (χ4v) is 3.45. The van der Waals surface area contributed by atoms with Crippen LogP contribution in [-0.4, -0.2) is 26.4 Å². The number of carboxylic acid groups (broad SMARTS) is 1. The van der Waals surface area contributed by atoms with Crippen molar-refractivity contribution < 1.29 is 14.3 Å². The van der Waals surface area contributed by atoms with Crippen LogP contribution in [0, 0.1) is 5.82 Å². The van der Waals surface area contributed by atoms with E-state index >= 15 is 0 Å². The number of fused-ring (bicyclic) bond motifs is 1. The first-order chi connectivity index (χ1) is 10.2. The number of benzene rings is 1. The summed E-state index contributed by atoms with van der Waals surface area (Å²) in [6.07, 6.45) is 7.05. The number of para-hydroxylation sites is 1. The summed E-state index contributed by atoms with van der Waals surface area (Å²) < 4.78 is 15.9. The number of thioether (sulfide) groups is 1. The highest BCUT2D eigenvalue weighted by Crippen LogP contribution is 2.34. The Kier molecular flexibility index (Phi) is 3.96. The maximum atomic E-state index is 13.9. The van der Waals surface area contributed by atoms with Gasteiger partial charge in [0, 0.05) is 6.04 Å². The van der Waals surface area contributed by atoms with Crippen LogP contribution in [0.5, 0.6) is 0 Å². The lowest BCUT2D eigenvalue weighted by molar-refractivity contribution is -0.133. The number of carboxylic acids is 1. The van der Waals surface area contributed by atoms with E-state index in [0.29, 0.717) is 10.7 Å². The molecule has 3 rings (SSSR count). The Hall–Kier alpha value is -1.82. The van der Waals surface area contributed by atoms with Gasteiger partial charge in [0.15, 0.2) is 11.0 Å². The van der Waals surface area contributed by atoms with E-state index in [4.69, 9.17) is 5.11 Å². The molecule has 1 heterocycles. The Morgan fingerprint density at radius 1 is 1.48 bits per heavy atom. The van der Waals surface area contributed by atoms with Crippen LogP contribution in [0.1, 0.15) is 25.3 Å². The zero-order valence-corrected chi connectivity index (χ0v) is 12.1. The SMILES string of the molecule is O=C(O)CSc1nc2c(F)cccc2n1C1CC=CCC1. The third-order valence-corrected chi connectivity index (χ3v) is 4.51. The van der Waals surface area contributed by atoms with E-state index < -0.39 is 5.97 Å². The van der Waals surface area contributed by atoms with Crippen LogP contribution in [0.15, 0.2) is 35.5 Å². The molecule has 1 aliphatic carbocycles. The Morgan fingerprint density at radius 2 is 2.33 bits per heavy atom. The third-order valence-electron chi connectivity index (χ3n) is 3.57. The summed E-state index contributed by atoms with van der Waals surface area (Å²) in [5, 5.41) is 9.44. The van der Waals surface area contributed by atoms with Crippen LogP contribution in [0.4, 0.5) is 4.39 Å². The topological polar surface area (TPSA) is 55.1 Å². The number of aromatic nitrogens is 2. The first-order valence-corrected chi connectivity index (χ1v) is 7.81. The van der Waals surface area contributed by atoms with E-state index in [1.807, 2.05) is 10.6 Å². The summed E-state index contributed by atoms with van der Waals surface area (Å²) in [7, 11) is 0. The third kappa shape index (κ3) is 2.81. The lowest BCUT2D eigenvalue weighted by Crippen LogP contribution is -2.12. The molecule has 1 aromatic heterocycles. The van der Waals surface area contributed by atoms with Gasteiger partial charge in [0.2, 0.25) is 0 Å². The Morgan fingerprint density at radius 3 is 3.05 bits per heavy atom. The maximum absolute atomic E-state index is 13.9.